The molecule has 2 rings (SSSR count). The van der Waals surface area contributed by atoms with Gasteiger partial charge in [-0.2, -0.15) is 0 Å². The molecule has 2 amide bonds. The van der Waals surface area contributed by atoms with Gasteiger partial charge in [-0.25, -0.2) is 0 Å². The topological polar surface area (TPSA) is 74.3 Å². The SMILES string of the molecule is CN(C)CCCNC(=O)C1CC1C(=O)NCc1cccnc1. The summed E-state index contributed by atoms with van der Waals surface area (Å²) in [5.74, 6) is -0.378. The van der Waals surface area contributed by atoms with E-state index in [0.717, 1.165) is 18.5 Å². The highest BCUT2D eigenvalue weighted by Crippen LogP contribution is 2.38. The molecule has 2 unspecified atom stereocenters. The van der Waals surface area contributed by atoms with Crippen molar-refractivity contribution >= 4 is 11.8 Å². The number of aromatic nitrogens is 1. The molecule has 6 nitrogen and oxygen atoms in total. The molecule has 1 aromatic heterocycles. The van der Waals surface area contributed by atoms with Gasteiger partial charge in [-0.1, -0.05) is 6.07 Å². The molecule has 0 aliphatic heterocycles. The monoisotopic (exact) mass is 304 g/mol. The summed E-state index contributed by atoms with van der Waals surface area (Å²) < 4.78 is 0. The molecule has 0 bridgehead atoms. The van der Waals surface area contributed by atoms with Gasteiger partial charge in [0.05, 0.1) is 11.8 Å². The number of carbonyl (C=O) groups excluding carboxylic acids is 2. The molecule has 0 saturated heterocycles. The maximum Gasteiger partial charge on any atom is 0.224 e. The summed E-state index contributed by atoms with van der Waals surface area (Å²) in [5, 5.41) is 5.77. The molecule has 120 valence electrons. The molecule has 22 heavy (non-hydrogen) atoms. The van der Waals surface area contributed by atoms with Crippen molar-refractivity contribution < 1.29 is 9.59 Å². The van der Waals surface area contributed by atoms with Gasteiger partial charge in [0.1, 0.15) is 0 Å². The molecule has 1 aromatic rings. The van der Waals surface area contributed by atoms with E-state index in [1.54, 1.807) is 12.4 Å². The smallest absolute Gasteiger partial charge is 0.224 e. The number of amides is 2. The lowest BCUT2D eigenvalue weighted by Gasteiger charge is -2.09. The third-order valence-corrected chi connectivity index (χ3v) is 3.73. The molecular formula is C16H24N4O2. The minimum absolute atomic E-state index is 0.000263. The van der Waals surface area contributed by atoms with Crippen LogP contribution in [0, 0.1) is 11.8 Å². The Morgan fingerprint density at radius 3 is 2.64 bits per heavy atom. The lowest BCUT2D eigenvalue weighted by Crippen LogP contribution is -2.31. The predicted octanol–water partition coefficient (Wildman–Crippen LogP) is 0.402. The van der Waals surface area contributed by atoms with Crippen LogP contribution in [0.1, 0.15) is 18.4 Å². The van der Waals surface area contributed by atoms with E-state index in [1.165, 1.54) is 0 Å². The van der Waals surface area contributed by atoms with Crippen molar-refractivity contribution in [2.45, 2.75) is 19.4 Å². The zero-order chi connectivity index (χ0) is 15.9. The normalized spacial score (nSPS) is 19.8. The van der Waals surface area contributed by atoms with Crippen molar-refractivity contribution in [3.05, 3.63) is 30.1 Å². The fraction of sp³-hybridized carbons (Fsp3) is 0.562. The van der Waals surface area contributed by atoms with Crippen LogP contribution in [-0.2, 0) is 16.1 Å². The van der Waals surface area contributed by atoms with Crippen LogP contribution in [0.4, 0.5) is 0 Å². The Bertz CT molecular complexity index is 504. The Hall–Kier alpha value is -1.95. The molecule has 0 spiro atoms. The van der Waals surface area contributed by atoms with Crippen molar-refractivity contribution in [2.24, 2.45) is 11.8 Å². The van der Waals surface area contributed by atoms with Crippen molar-refractivity contribution in [1.29, 1.82) is 0 Å². The summed E-state index contributed by atoms with van der Waals surface area (Å²) in [5.41, 5.74) is 0.959. The Labute approximate surface area is 131 Å². The molecule has 6 heteroatoms. The van der Waals surface area contributed by atoms with Crippen LogP contribution in [-0.4, -0.2) is 48.9 Å². The lowest BCUT2D eigenvalue weighted by atomic mass is 10.2. The molecule has 1 saturated carbocycles. The Kier molecular flexibility index (Phi) is 5.89. The molecule has 1 aliphatic carbocycles. The van der Waals surface area contributed by atoms with Gasteiger partial charge in [-0.05, 0) is 45.1 Å². The summed E-state index contributed by atoms with van der Waals surface area (Å²) in [6, 6.07) is 3.75. The van der Waals surface area contributed by atoms with E-state index >= 15 is 0 Å². The maximum atomic E-state index is 12.0. The average molecular weight is 304 g/mol. The van der Waals surface area contributed by atoms with Gasteiger partial charge in [0, 0.05) is 25.5 Å². The largest absolute Gasteiger partial charge is 0.356 e. The average Bonchev–Trinajstić information content (AvgIpc) is 3.30. The van der Waals surface area contributed by atoms with Crippen LogP contribution in [0.15, 0.2) is 24.5 Å². The van der Waals surface area contributed by atoms with E-state index in [1.807, 2.05) is 26.2 Å². The van der Waals surface area contributed by atoms with Gasteiger partial charge >= 0.3 is 0 Å². The standard InChI is InChI=1S/C16H24N4O2/c1-20(2)8-4-7-18-15(21)13-9-14(13)16(22)19-11-12-5-3-6-17-10-12/h3,5-6,10,13-14H,4,7-9,11H2,1-2H3,(H,18,21)(H,19,22). The first-order valence-corrected chi connectivity index (χ1v) is 7.67. The van der Waals surface area contributed by atoms with Crippen LogP contribution in [0.2, 0.25) is 0 Å². The molecule has 1 aliphatic rings. The summed E-state index contributed by atoms with van der Waals surface area (Å²) in [6.45, 7) is 2.07. The van der Waals surface area contributed by atoms with Crippen LogP contribution in [0.5, 0.6) is 0 Å². The summed E-state index contributed by atoms with van der Waals surface area (Å²) >= 11 is 0. The molecule has 0 aromatic carbocycles. The van der Waals surface area contributed by atoms with Crippen molar-refractivity contribution in [2.75, 3.05) is 27.2 Å². The maximum absolute atomic E-state index is 12.0. The second-order valence-corrected chi connectivity index (χ2v) is 5.98. The first kappa shape index (κ1) is 16.4. The van der Waals surface area contributed by atoms with E-state index in [9.17, 15) is 9.59 Å². The quantitative estimate of drug-likeness (QED) is 0.682. The summed E-state index contributed by atoms with van der Waals surface area (Å²) in [4.78, 5) is 30.0. The molecule has 0 radical (unpaired) electrons. The van der Waals surface area contributed by atoms with E-state index in [4.69, 9.17) is 0 Å². The summed E-state index contributed by atoms with van der Waals surface area (Å²) in [6.07, 6.45) is 4.99. The number of carbonyl (C=O) groups is 2. The van der Waals surface area contributed by atoms with E-state index in [2.05, 4.69) is 20.5 Å². The van der Waals surface area contributed by atoms with Crippen molar-refractivity contribution in [3.8, 4) is 0 Å². The third-order valence-electron chi connectivity index (χ3n) is 3.73. The van der Waals surface area contributed by atoms with Gasteiger partial charge in [0.25, 0.3) is 0 Å². The highest BCUT2D eigenvalue weighted by Gasteiger charge is 2.47. The second-order valence-electron chi connectivity index (χ2n) is 5.98. The summed E-state index contributed by atoms with van der Waals surface area (Å²) in [7, 11) is 4.01. The minimum atomic E-state index is -0.175. The van der Waals surface area contributed by atoms with Gasteiger partial charge in [-0.3, -0.25) is 14.6 Å². The van der Waals surface area contributed by atoms with Crippen LogP contribution in [0.25, 0.3) is 0 Å². The van der Waals surface area contributed by atoms with Gasteiger partial charge < -0.3 is 15.5 Å². The number of nitrogens with zero attached hydrogens (tertiary/aromatic N) is 2. The Morgan fingerprint density at radius 1 is 1.27 bits per heavy atom. The highest BCUT2D eigenvalue weighted by atomic mass is 16.2. The van der Waals surface area contributed by atoms with Crippen LogP contribution in [0.3, 0.4) is 0 Å². The first-order valence-electron chi connectivity index (χ1n) is 7.67. The van der Waals surface area contributed by atoms with Crippen LogP contribution < -0.4 is 10.6 Å². The minimum Gasteiger partial charge on any atom is -0.356 e. The van der Waals surface area contributed by atoms with E-state index < -0.39 is 0 Å². The van der Waals surface area contributed by atoms with Gasteiger partial charge in [-0.15, -0.1) is 0 Å². The number of hydrogen-bond donors (Lipinski definition) is 2. The van der Waals surface area contributed by atoms with E-state index in [-0.39, 0.29) is 23.7 Å². The Morgan fingerprint density at radius 2 is 2.00 bits per heavy atom. The fourth-order valence-corrected chi connectivity index (χ4v) is 2.34. The molecule has 2 N–H and O–H groups in total. The second kappa shape index (κ2) is 7.89. The zero-order valence-corrected chi connectivity index (χ0v) is 13.2. The van der Waals surface area contributed by atoms with Crippen molar-refractivity contribution in [3.63, 3.8) is 0 Å². The molecule has 1 heterocycles. The molecule has 2 atom stereocenters. The van der Waals surface area contributed by atoms with Crippen LogP contribution >= 0.6 is 0 Å². The highest BCUT2D eigenvalue weighted by molar-refractivity contribution is 5.92. The molecule has 1 fully saturated rings. The number of hydrogen-bond acceptors (Lipinski definition) is 4. The van der Waals surface area contributed by atoms with Gasteiger partial charge in [0.2, 0.25) is 11.8 Å². The lowest BCUT2D eigenvalue weighted by molar-refractivity contribution is -0.127. The number of nitrogens with one attached hydrogen (secondary N) is 2. The van der Waals surface area contributed by atoms with E-state index in [0.29, 0.717) is 19.5 Å². The van der Waals surface area contributed by atoms with Gasteiger partial charge in [0.15, 0.2) is 0 Å². The first-order chi connectivity index (χ1) is 10.6. The third kappa shape index (κ3) is 5.11. The zero-order valence-electron chi connectivity index (χ0n) is 13.2. The molecular weight excluding hydrogens is 280 g/mol. The number of rotatable bonds is 8. The number of pyridine rings is 1. The van der Waals surface area contributed by atoms with Crippen molar-refractivity contribution in [1.82, 2.24) is 20.5 Å². The fourth-order valence-electron chi connectivity index (χ4n) is 2.34. The Balaban J connectivity index is 1.64. The predicted molar refractivity (Wildman–Crippen MR) is 83.9 cm³/mol.